The largest absolute Gasteiger partial charge is 0.453 e. The quantitative estimate of drug-likeness (QED) is 0.549. The van der Waals surface area contributed by atoms with Crippen LogP contribution in [0.5, 0.6) is 11.5 Å². The summed E-state index contributed by atoms with van der Waals surface area (Å²) in [6.07, 6.45) is 7.00. The molecule has 154 valence electrons. The third-order valence-electron chi connectivity index (χ3n) is 4.31. The predicted molar refractivity (Wildman–Crippen MR) is 117 cm³/mol. The van der Waals surface area contributed by atoms with E-state index in [1.807, 2.05) is 38.4 Å². The van der Waals surface area contributed by atoms with Crippen LogP contribution >= 0.6 is 0 Å². The molecule has 1 amide bonds. The molecule has 1 aromatic heterocycles. The molecule has 0 spiro atoms. The Morgan fingerprint density at radius 3 is 2.63 bits per heavy atom. The third-order valence-corrected chi connectivity index (χ3v) is 4.31. The number of anilines is 1. The Morgan fingerprint density at radius 1 is 1.17 bits per heavy atom. The number of hydrogen-bond donors (Lipinski definition) is 1. The van der Waals surface area contributed by atoms with Crippen LogP contribution < -0.4 is 10.1 Å². The van der Waals surface area contributed by atoms with Crippen molar-refractivity contribution in [3.05, 3.63) is 90.0 Å². The first-order chi connectivity index (χ1) is 14.5. The third kappa shape index (κ3) is 6.53. The summed E-state index contributed by atoms with van der Waals surface area (Å²) in [7, 11) is 4.07. The average Bonchev–Trinajstić information content (AvgIpc) is 2.74. The number of halogens is 1. The highest BCUT2D eigenvalue weighted by atomic mass is 19.1. The molecule has 0 radical (unpaired) electrons. The van der Waals surface area contributed by atoms with Crippen LogP contribution in [0.15, 0.2) is 73.1 Å². The van der Waals surface area contributed by atoms with Crippen LogP contribution in [0.25, 0.3) is 6.08 Å². The van der Waals surface area contributed by atoms with Crippen molar-refractivity contribution in [2.24, 2.45) is 0 Å². The maximum absolute atomic E-state index is 14.3. The Labute approximate surface area is 175 Å². The van der Waals surface area contributed by atoms with E-state index in [9.17, 15) is 9.18 Å². The number of aromatic nitrogens is 1. The maximum Gasteiger partial charge on any atom is 0.248 e. The molecule has 3 aromatic rings. The lowest BCUT2D eigenvalue weighted by molar-refractivity contribution is -0.111. The molecule has 30 heavy (non-hydrogen) atoms. The molecular formula is C24H24FN3O2. The minimum atomic E-state index is -0.519. The second kappa shape index (κ2) is 10.3. The smallest absolute Gasteiger partial charge is 0.248 e. The van der Waals surface area contributed by atoms with E-state index in [1.54, 1.807) is 30.5 Å². The van der Waals surface area contributed by atoms with E-state index in [4.69, 9.17) is 4.74 Å². The van der Waals surface area contributed by atoms with Crippen LogP contribution in [0, 0.1) is 5.82 Å². The minimum absolute atomic E-state index is 0.0963. The van der Waals surface area contributed by atoms with Gasteiger partial charge < -0.3 is 15.0 Å². The molecule has 0 atom stereocenters. The van der Waals surface area contributed by atoms with Gasteiger partial charge in [-0.3, -0.25) is 9.78 Å². The molecule has 1 N–H and O–H groups in total. The van der Waals surface area contributed by atoms with Gasteiger partial charge in [-0.2, -0.15) is 0 Å². The lowest BCUT2D eigenvalue weighted by Gasteiger charge is -2.09. The van der Waals surface area contributed by atoms with Crippen molar-refractivity contribution in [1.82, 2.24) is 9.88 Å². The number of likely N-dealkylation sites (N-methyl/N-ethyl adjacent to an activating group) is 1. The van der Waals surface area contributed by atoms with Crippen molar-refractivity contribution < 1.29 is 13.9 Å². The molecule has 0 aliphatic carbocycles. The van der Waals surface area contributed by atoms with Crippen molar-refractivity contribution in [2.75, 3.05) is 26.0 Å². The minimum Gasteiger partial charge on any atom is -0.453 e. The van der Waals surface area contributed by atoms with Crippen LogP contribution in [-0.2, 0) is 11.2 Å². The van der Waals surface area contributed by atoms with Crippen LogP contribution in [0.1, 0.15) is 11.1 Å². The molecule has 0 fully saturated rings. The summed E-state index contributed by atoms with van der Waals surface area (Å²) in [5.74, 6) is -0.257. The molecule has 0 bridgehead atoms. The van der Waals surface area contributed by atoms with Gasteiger partial charge in [-0.15, -0.1) is 0 Å². The molecule has 3 rings (SSSR count). The highest BCUT2D eigenvalue weighted by molar-refractivity contribution is 6.01. The molecule has 2 aromatic carbocycles. The van der Waals surface area contributed by atoms with Gasteiger partial charge in [0, 0.05) is 24.5 Å². The monoisotopic (exact) mass is 405 g/mol. The topological polar surface area (TPSA) is 54.5 Å². The van der Waals surface area contributed by atoms with Crippen LogP contribution in [0.3, 0.4) is 0 Å². The van der Waals surface area contributed by atoms with Crippen molar-refractivity contribution in [3.8, 4) is 11.5 Å². The maximum atomic E-state index is 14.3. The van der Waals surface area contributed by atoms with E-state index in [2.05, 4.69) is 15.2 Å². The second-order valence-corrected chi connectivity index (χ2v) is 7.05. The zero-order valence-electron chi connectivity index (χ0n) is 17.0. The average molecular weight is 405 g/mol. The second-order valence-electron chi connectivity index (χ2n) is 7.05. The number of benzene rings is 2. The van der Waals surface area contributed by atoms with E-state index < -0.39 is 5.82 Å². The first-order valence-corrected chi connectivity index (χ1v) is 9.60. The lowest BCUT2D eigenvalue weighted by atomic mass is 10.1. The van der Waals surface area contributed by atoms with Gasteiger partial charge in [0.2, 0.25) is 5.91 Å². The fraction of sp³-hybridized carbons (Fsp3) is 0.167. The predicted octanol–water partition coefficient (Wildman–Crippen LogP) is 4.77. The van der Waals surface area contributed by atoms with E-state index >= 15 is 0 Å². The normalized spacial score (nSPS) is 11.1. The Morgan fingerprint density at radius 2 is 1.97 bits per heavy atom. The van der Waals surface area contributed by atoms with E-state index in [1.165, 1.54) is 30.0 Å². The van der Waals surface area contributed by atoms with Crippen LogP contribution in [0.4, 0.5) is 10.1 Å². The fourth-order valence-corrected chi connectivity index (χ4v) is 2.70. The van der Waals surface area contributed by atoms with Gasteiger partial charge in [-0.1, -0.05) is 18.2 Å². The summed E-state index contributed by atoms with van der Waals surface area (Å²) in [5, 5.41) is 2.80. The summed E-state index contributed by atoms with van der Waals surface area (Å²) < 4.78 is 19.7. The highest BCUT2D eigenvalue weighted by Crippen LogP contribution is 2.24. The Hall–Kier alpha value is -3.51. The van der Waals surface area contributed by atoms with Gasteiger partial charge in [-0.25, -0.2) is 4.39 Å². The van der Waals surface area contributed by atoms with Crippen molar-refractivity contribution in [3.63, 3.8) is 0 Å². The highest BCUT2D eigenvalue weighted by Gasteiger charge is 2.06. The summed E-state index contributed by atoms with van der Waals surface area (Å²) in [5.41, 5.74) is 2.48. The number of hydrogen-bond acceptors (Lipinski definition) is 4. The van der Waals surface area contributed by atoms with Gasteiger partial charge in [0.1, 0.15) is 5.75 Å². The molecule has 1 heterocycles. The molecule has 0 aliphatic heterocycles. The molecule has 6 heteroatoms. The number of nitrogens with one attached hydrogen (secondary N) is 1. The van der Waals surface area contributed by atoms with Gasteiger partial charge in [0.05, 0.1) is 6.20 Å². The van der Waals surface area contributed by atoms with Crippen LogP contribution in [0.2, 0.25) is 0 Å². The summed E-state index contributed by atoms with van der Waals surface area (Å²) >= 11 is 0. The first kappa shape index (κ1) is 21.2. The number of ether oxygens (including phenoxy) is 1. The first-order valence-electron chi connectivity index (χ1n) is 9.60. The van der Waals surface area contributed by atoms with Crippen molar-refractivity contribution in [1.29, 1.82) is 0 Å². The van der Waals surface area contributed by atoms with Crippen molar-refractivity contribution in [2.45, 2.75) is 6.42 Å². The number of rotatable bonds is 8. The number of carbonyl (C=O) groups excluding carboxylic acids is 1. The van der Waals surface area contributed by atoms with Gasteiger partial charge in [0.25, 0.3) is 0 Å². The van der Waals surface area contributed by atoms with Gasteiger partial charge in [0.15, 0.2) is 11.6 Å². The Bertz CT molecular complexity index is 1000. The number of nitrogens with zero attached hydrogens (tertiary/aromatic N) is 2. The van der Waals surface area contributed by atoms with Crippen molar-refractivity contribution >= 4 is 17.7 Å². The SMILES string of the molecule is CN(C)CCc1ccc(NC(=O)/C=C/c2ccc(Oc3cccnc3)c(F)c2)cc1. The Kier molecular flexibility index (Phi) is 7.29. The molecule has 5 nitrogen and oxygen atoms in total. The van der Waals surface area contributed by atoms with E-state index in [0.717, 1.165) is 13.0 Å². The number of pyridine rings is 1. The van der Waals surface area contributed by atoms with Crippen LogP contribution in [-0.4, -0.2) is 36.4 Å². The Balaban J connectivity index is 1.56. The summed E-state index contributed by atoms with van der Waals surface area (Å²) in [6.45, 7) is 0.969. The summed E-state index contributed by atoms with van der Waals surface area (Å²) in [4.78, 5) is 18.2. The lowest BCUT2D eigenvalue weighted by Crippen LogP contribution is -2.15. The summed E-state index contributed by atoms with van der Waals surface area (Å²) in [6, 6.07) is 15.7. The van der Waals surface area contributed by atoms with E-state index in [0.29, 0.717) is 17.0 Å². The zero-order valence-corrected chi connectivity index (χ0v) is 17.0. The number of carbonyl (C=O) groups is 1. The van der Waals surface area contributed by atoms with Gasteiger partial charge in [-0.05, 0) is 74.1 Å². The van der Waals surface area contributed by atoms with Gasteiger partial charge >= 0.3 is 0 Å². The standard InChI is InChI=1S/C24H24FN3O2/c1-28(2)15-13-18-5-9-20(10-6-18)27-24(29)12-8-19-7-11-23(22(25)16-19)30-21-4-3-14-26-17-21/h3-12,14,16-17H,13,15H2,1-2H3,(H,27,29)/b12-8+. The molecular weight excluding hydrogens is 381 g/mol. The molecule has 0 saturated heterocycles. The fourth-order valence-electron chi connectivity index (χ4n) is 2.70. The van der Waals surface area contributed by atoms with E-state index in [-0.39, 0.29) is 11.7 Å². The number of amides is 1. The molecule has 0 saturated carbocycles. The molecule has 0 aliphatic rings. The zero-order chi connectivity index (χ0) is 21.3. The molecule has 0 unspecified atom stereocenters.